The zero-order chi connectivity index (χ0) is 8.73. The summed E-state index contributed by atoms with van der Waals surface area (Å²) in [5, 5.41) is 7.84. The fourth-order valence-electron chi connectivity index (χ4n) is 2.68. The molecule has 0 N–H and O–H groups in total. The molecule has 0 aromatic carbocycles. The maximum atomic E-state index is 5.35. The maximum absolute atomic E-state index is 5.35. The molecule has 2 fully saturated rings. The van der Waals surface area contributed by atoms with E-state index in [1.165, 1.54) is 38.7 Å². The van der Waals surface area contributed by atoms with Crippen LogP contribution in [0.4, 0.5) is 0 Å². The lowest BCUT2D eigenvalue weighted by atomic mass is 9.81. The van der Waals surface area contributed by atoms with Gasteiger partial charge in [0.2, 0.25) is 12.3 Å². The summed E-state index contributed by atoms with van der Waals surface area (Å²) in [6, 6.07) is 0. The predicted octanol–water partition coefficient (Wildman–Crippen LogP) is 0.807. The largest absolute Gasteiger partial charge is 0.427 e. The van der Waals surface area contributed by atoms with Gasteiger partial charge in [-0.05, 0) is 32.4 Å². The lowest BCUT2D eigenvalue weighted by molar-refractivity contribution is 0.214. The number of hydrogen-bond donors (Lipinski definition) is 0. The Balaban J connectivity index is 1.97. The van der Waals surface area contributed by atoms with Gasteiger partial charge in [-0.15, -0.1) is 10.2 Å². The van der Waals surface area contributed by atoms with Gasteiger partial charge in [0.15, 0.2) is 0 Å². The van der Waals surface area contributed by atoms with Crippen LogP contribution in [0.25, 0.3) is 0 Å². The Hall–Kier alpha value is -0.900. The third-order valence-corrected chi connectivity index (χ3v) is 3.38. The first-order valence-electron chi connectivity index (χ1n) is 4.88. The molecule has 1 aromatic rings. The predicted molar refractivity (Wildman–Crippen MR) is 46.3 cm³/mol. The average Bonchev–Trinajstić information content (AvgIpc) is 2.75. The molecule has 2 bridgehead atoms. The van der Waals surface area contributed by atoms with E-state index in [2.05, 4.69) is 15.1 Å². The minimum absolute atomic E-state index is 0.203. The van der Waals surface area contributed by atoms with Gasteiger partial charge in [0.05, 0.1) is 5.41 Å². The van der Waals surface area contributed by atoms with Gasteiger partial charge >= 0.3 is 0 Å². The lowest BCUT2D eigenvalue weighted by Gasteiger charge is -2.30. The molecule has 2 saturated heterocycles. The summed E-state index contributed by atoms with van der Waals surface area (Å²) in [5.41, 5.74) is 0.203. The molecule has 2 aliphatic heterocycles. The molecule has 4 heteroatoms. The second kappa shape index (κ2) is 2.54. The van der Waals surface area contributed by atoms with Gasteiger partial charge in [-0.1, -0.05) is 0 Å². The lowest BCUT2D eigenvalue weighted by Crippen LogP contribution is -2.37. The molecule has 2 unspecified atom stereocenters. The molecule has 1 aromatic heterocycles. The van der Waals surface area contributed by atoms with E-state index in [4.69, 9.17) is 4.42 Å². The van der Waals surface area contributed by atoms with Crippen molar-refractivity contribution in [3.63, 3.8) is 0 Å². The van der Waals surface area contributed by atoms with E-state index in [0.717, 1.165) is 12.4 Å². The van der Waals surface area contributed by atoms with Gasteiger partial charge in [-0.3, -0.25) is 0 Å². The van der Waals surface area contributed by atoms with Crippen molar-refractivity contribution in [1.82, 2.24) is 15.1 Å². The summed E-state index contributed by atoms with van der Waals surface area (Å²) in [6.07, 6.45) is 5.12. The van der Waals surface area contributed by atoms with Crippen molar-refractivity contribution < 1.29 is 4.42 Å². The molecule has 3 heterocycles. The van der Waals surface area contributed by atoms with E-state index in [9.17, 15) is 0 Å². The highest BCUT2D eigenvalue weighted by Gasteiger charge is 2.45. The summed E-state index contributed by atoms with van der Waals surface area (Å²) in [5.74, 6) is 0.856. The molecule has 0 radical (unpaired) electrons. The quantitative estimate of drug-likeness (QED) is 0.639. The van der Waals surface area contributed by atoms with E-state index in [1.54, 1.807) is 0 Å². The van der Waals surface area contributed by atoms with Crippen molar-refractivity contribution in [3.8, 4) is 0 Å². The molecule has 0 aliphatic carbocycles. The zero-order valence-corrected chi connectivity index (χ0v) is 7.57. The van der Waals surface area contributed by atoms with Crippen molar-refractivity contribution in [1.29, 1.82) is 0 Å². The van der Waals surface area contributed by atoms with E-state index in [1.807, 2.05) is 0 Å². The number of hydrogen-bond acceptors (Lipinski definition) is 4. The Morgan fingerprint density at radius 2 is 2.38 bits per heavy atom. The summed E-state index contributed by atoms with van der Waals surface area (Å²) >= 11 is 0. The van der Waals surface area contributed by atoms with E-state index < -0.39 is 0 Å². The highest BCUT2D eigenvalue weighted by molar-refractivity contribution is 5.11. The van der Waals surface area contributed by atoms with Crippen LogP contribution in [0.3, 0.4) is 0 Å². The van der Waals surface area contributed by atoms with Gasteiger partial charge in [0.1, 0.15) is 0 Å². The highest BCUT2D eigenvalue weighted by Crippen LogP contribution is 2.40. The molecule has 2 aliphatic rings. The summed E-state index contributed by atoms with van der Waals surface area (Å²) in [7, 11) is 0. The number of nitrogens with zero attached hydrogens (tertiary/aromatic N) is 3. The van der Waals surface area contributed by atoms with Crippen LogP contribution in [0.5, 0.6) is 0 Å². The minimum atomic E-state index is 0.203. The van der Waals surface area contributed by atoms with Crippen molar-refractivity contribution in [2.75, 3.05) is 19.6 Å². The SMILES string of the molecule is c1nnc(C23CCCN(CC2)C3)o1. The number of fused-ring (bicyclic) bond motifs is 2. The van der Waals surface area contributed by atoms with Crippen LogP contribution in [0.15, 0.2) is 10.8 Å². The number of rotatable bonds is 1. The topological polar surface area (TPSA) is 42.2 Å². The second-order valence-corrected chi connectivity index (χ2v) is 4.15. The van der Waals surface area contributed by atoms with E-state index >= 15 is 0 Å². The van der Waals surface area contributed by atoms with Crippen LogP contribution in [0.1, 0.15) is 25.2 Å². The molecular weight excluding hydrogens is 166 g/mol. The smallest absolute Gasteiger partial charge is 0.223 e. The van der Waals surface area contributed by atoms with Crippen LogP contribution in [0, 0.1) is 0 Å². The third-order valence-electron chi connectivity index (χ3n) is 3.38. The molecule has 70 valence electrons. The third kappa shape index (κ3) is 1.01. The second-order valence-electron chi connectivity index (χ2n) is 4.15. The van der Waals surface area contributed by atoms with E-state index in [-0.39, 0.29) is 5.41 Å². The van der Waals surface area contributed by atoms with Crippen LogP contribution in [-0.4, -0.2) is 34.7 Å². The zero-order valence-electron chi connectivity index (χ0n) is 7.57. The standard InChI is InChI=1S/C9H13N3O/c1-2-9(8-11-10-7-13-8)3-5-12(4-1)6-9/h7H,1-6H2. The van der Waals surface area contributed by atoms with Crippen LogP contribution in [-0.2, 0) is 5.41 Å². The van der Waals surface area contributed by atoms with Crippen molar-refractivity contribution in [2.24, 2.45) is 0 Å². The fourth-order valence-corrected chi connectivity index (χ4v) is 2.68. The first kappa shape index (κ1) is 7.50. The number of piperidine rings is 1. The monoisotopic (exact) mass is 179 g/mol. The van der Waals surface area contributed by atoms with Crippen molar-refractivity contribution in [3.05, 3.63) is 12.3 Å². The Morgan fingerprint density at radius 3 is 3.23 bits per heavy atom. The van der Waals surface area contributed by atoms with Gasteiger partial charge in [-0.25, -0.2) is 0 Å². The summed E-state index contributed by atoms with van der Waals surface area (Å²) in [6.45, 7) is 3.56. The van der Waals surface area contributed by atoms with E-state index in [0.29, 0.717) is 0 Å². The first-order valence-corrected chi connectivity index (χ1v) is 4.88. The van der Waals surface area contributed by atoms with Crippen LogP contribution >= 0.6 is 0 Å². The average molecular weight is 179 g/mol. The molecular formula is C9H13N3O. The minimum Gasteiger partial charge on any atom is -0.427 e. The normalized spacial score (nSPS) is 38.0. The Morgan fingerprint density at radius 1 is 1.38 bits per heavy atom. The molecule has 13 heavy (non-hydrogen) atoms. The highest BCUT2D eigenvalue weighted by atomic mass is 16.4. The Kier molecular flexibility index (Phi) is 1.47. The van der Waals surface area contributed by atoms with Gasteiger partial charge < -0.3 is 9.32 Å². The van der Waals surface area contributed by atoms with Crippen molar-refractivity contribution in [2.45, 2.75) is 24.7 Å². The fraction of sp³-hybridized carbons (Fsp3) is 0.778. The Labute approximate surface area is 76.9 Å². The molecule has 0 amide bonds. The maximum Gasteiger partial charge on any atom is 0.223 e. The molecule has 4 nitrogen and oxygen atoms in total. The Bertz CT molecular complexity index is 294. The first-order chi connectivity index (χ1) is 6.39. The molecule has 3 rings (SSSR count). The van der Waals surface area contributed by atoms with Crippen LogP contribution < -0.4 is 0 Å². The molecule has 0 spiro atoms. The van der Waals surface area contributed by atoms with Gasteiger partial charge in [0.25, 0.3) is 0 Å². The summed E-state index contributed by atoms with van der Waals surface area (Å²) in [4.78, 5) is 2.49. The molecule has 0 saturated carbocycles. The van der Waals surface area contributed by atoms with Gasteiger partial charge in [-0.2, -0.15) is 0 Å². The molecule has 2 atom stereocenters. The van der Waals surface area contributed by atoms with Gasteiger partial charge in [0, 0.05) is 6.54 Å². The number of aromatic nitrogens is 2. The van der Waals surface area contributed by atoms with Crippen molar-refractivity contribution >= 4 is 0 Å². The van der Waals surface area contributed by atoms with Crippen LogP contribution in [0.2, 0.25) is 0 Å². The summed E-state index contributed by atoms with van der Waals surface area (Å²) < 4.78 is 5.35.